The molecule has 2 nitrogen and oxygen atoms in total. The summed E-state index contributed by atoms with van der Waals surface area (Å²) in [5.41, 5.74) is 6.41. The summed E-state index contributed by atoms with van der Waals surface area (Å²) in [6, 6.07) is 7.06. The number of hydrogen-bond donors (Lipinski definition) is 1. The Morgan fingerprint density at radius 1 is 1.35 bits per heavy atom. The first-order valence-electron chi connectivity index (χ1n) is 6.45. The van der Waals surface area contributed by atoms with Crippen molar-refractivity contribution in [2.45, 2.75) is 25.8 Å². The van der Waals surface area contributed by atoms with Crippen LogP contribution in [0.15, 0.2) is 24.3 Å². The normalized spacial score (nSPS) is 21.6. The van der Waals surface area contributed by atoms with Crippen molar-refractivity contribution in [2.24, 2.45) is 11.7 Å². The summed E-state index contributed by atoms with van der Waals surface area (Å²) in [7, 11) is 0. The largest absolute Gasteiger partial charge is 0.330 e. The molecule has 1 aromatic rings. The number of likely N-dealkylation sites (tertiary alicyclic amines) is 1. The fourth-order valence-corrected chi connectivity index (χ4v) is 2.63. The van der Waals surface area contributed by atoms with Crippen molar-refractivity contribution in [3.05, 3.63) is 35.6 Å². The third-order valence-electron chi connectivity index (χ3n) is 3.53. The van der Waals surface area contributed by atoms with E-state index in [2.05, 4.69) is 4.90 Å². The zero-order chi connectivity index (χ0) is 12.1. The van der Waals surface area contributed by atoms with Gasteiger partial charge in [0, 0.05) is 18.7 Å². The zero-order valence-electron chi connectivity index (χ0n) is 10.2. The summed E-state index contributed by atoms with van der Waals surface area (Å²) >= 11 is 0. The third kappa shape index (κ3) is 3.51. The first kappa shape index (κ1) is 12.5. The minimum Gasteiger partial charge on any atom is -0.330 e. The van der Waals surface area contributed by atoms with Crippen LogP contribution in [0.25, 0.3) is 0 Å². The number of nitrogens with zero attached hydrogens (tertiary/aromatic N) is 1. The molecule has 1 aliphatic heterocycles. The molecule has 3 heteroatoms. The summed E-state index contributed by atoms with van der Waals surface area (Å²) in [4.78, 5) is 2.35. The van der Waals surface area contributed by atoms with Crippen LogP contribution in [0.4, 0.5) is 4.39 Å². The van der Waals surface area contributed by atoms with Gasteiger partial charge in [-0.2, -0.15) is 0 Å². The van der Waals surface area contributed by atoms with Gasteiger partial charge in [-0.25, -0.2) is 4.39 Å². The van der Waals surface area contributed by atoms with E-state index in [0.717, 1.165) is 38.2 Å². The fraction of sp³-hybridized carbons (Fsp3) is 0.571. The van der Waals surface area contributed by atoms with Crippen molar-refractivity contribution in [1.29, 1.82) is 0 Å². The lowest BCUT2D eigenvalue weighted by molar-refractivity contribution is 0.161. The molecule has 0 spiro atoms. The second kappa shape index (κ2) is 6.12. The number of nitrogens with two attached hydrogens (primary N) is 1. The van der Waals surface area contributed by atoms with Gasteiger partial charge in [-0.1, -0.05) is 18.2 Å². The van der Waals surface area contributed by atoms with Crippen LogP contribution in [-0.4, -0.2) is 24.5 Å². The van der Waals surface area contributed by atoms with Crippen LogP contribution in [0, 0.1) is 11.7 Å². The lowest BCUT2D eigenvalue weighted by Gasteiger charge is -2.32. The Kier molecular flexibility index (Phi) is 4.51. The third-order valence-corrected chi connectivity index (χ3v) is 3.53. The Morgan fingerprint density at radius 2 is 2.18 bits per heavy atom. The van der Waals surface area contributed by atoms with Gasteiger partial charge in [0.25, 0.3) is 0 Å². The van der Waals surface area contributed by atoms with E-state index in [9.17, 15) is 4.39 Å². The van der Waals surface area contributed by atoms with E-state index >= 15 is 0 Å². The highest BCUT2D eigenvalue weighted by molar-refractivity contribution is 5.17. The average Bonchev–Trinajstić information content (AvgIpc) is 2.33. The molecule has 0 aliphatic carbocycles. The van der Waals surface area contributed by atoms with E-state index in [-0.39, 0.29) is 5.82 Å². The predicted molar refractivity (Wildman–Crippen MR) is 68.1 cm³/mol. The Labute approximate surface area is 103 Å². The second-order valence-corrected chi connectivity index (χ2v) is 4.91. The second-order valence-electron chi connectivity index (χ2n) is 4.91. The van der Waals surface area contributed by atoms with E-state index in [1.165, 1.54) is 18.9 Å². The molecule has 94 valence electrons. The quantitative estimate of drug-likeness (QED) is 0.869. The maximum absolute atomic E-state index is 13.5. The molecule has 0 bridgehead atoms. The monoisotopic (exact) mass is 236 g/mol. The molecule has 1 heterocycles. The zero-order valence-corrected chi connectivity index (χ0v) is 10.2. The van der Waals surface area contributed by atoms with Gasteiger partial charge < -0.3 is 5.73 Å². The number of rotatable bonds is 4. The van der Waals surface area contributed by atoms with Gasteiger partial charge in [-0.15, -0.1) is 0 Å². The standard InChI is InChI=1S/C14H21FN2/c15-14-6-2-1-5-13(14)11-17-9-3-4-12(10-17)7-8-16/h1-2,5-6,12H,3-4,7-11,16H2. The van der Waals surface area contributed by atoms with Gasteiger partial charge in [0.05, 0.1) is 0 Å². The van der Waals surface area contributed by atoms with Crippen molar-refractivity contribution in [1.82, 2.24) is 4.90 Å². The van der Waals surface area contributed by atoms with Crippen molar-refractivity contribution in [3.63, 3.8) is 0 Å². The maximum Gasteiger partial charge on any atom is 0.127 e. The van der Waals surface area contributed by atoms with Crippen molar-refractivity contribution < 1.29 is 4.39 Å². The van der Waals surface area contributed by atoms with Crippen molar-refractivity contribution >= 4 is 0 Å². The van der Waals surface area contributed by atoms with E-state index in [1.54, 1.807) is 6.07 Å². The van der Waals surface area contributed by atoms with E-state index in [4.69, 9.17) is 5.73 Å². The Bertz CT molecular complexity index is 352. The van der Waals surface area contributed by atoms with Crippen LogP contribution in [0.1, 0.15) is 24.8 Å². The summed E-state index contributed by atoms with van der Waals surface area (Å²) in [5, 5.41) is 0. The summed E-state index contributed by atoms with van der Waals surface area (Å²) < 4.78 is 13.5. The summed E-state index contributed by atoms with van der Waals surface area (Å²) in [5.74, 6) is 0.606. The molecule has 1 atom stereocenters. The van der Waals surface area contributed by atoms with Gasteiger partial charge in [0.1, 0.15) is 5.82 Å². The van der Waals surface area contributed by atoms with Crippen molar-refractivity contribution in [2.75, 3.05) is 19.6 Å². The highest BCUT2D eigenvalue weighted by Crippen LogP contribution is 2.21. The SMILES string of the molecule is NCCC1CCCN(Cc2ccccc2F)C1. The minimum atomic E-state index is -0.0894. The summed E-state index contributed by atoms with van der Waals surface area (Å²) in [6.45, 7) is 3.63. The van der Waals surface area contributed by atoms with Gasteiger partial charge in [0.2, 0.25) is 0 Å². The molecule has 1 unspecified atom stereocenters. The Balaban J connectivity index is 1.92. The molecule has 1 aliphatic rings. The molecule has 0 saturated carbocycles. The highest BCUT2D eigenvalue weighted by Gasteiger charge is 2.19. The van der Waals surface area contributed by atoms with Crippen LogP contribution >= 0.6 is 0 Å². The fourth-order valence-electron chi connectivity index (χ4n) is 2.63. The molecule has 0 amide bonds. The first-order valence-corrected chi connectivity index (χ1v) is 6.45. The molecular weight excluding hydrogens is 215 g/mol. The van der Waals surface area contributed by atoms with E-state index in [1.807, 2.05) is 12.1 Å². The molecular formula is C14H21FN2. The van der Waals surface area contributed by atoms with Crippen LogP contribution in [0.2, 0.25) is 0 Å². The van der Waals surface area contributed by atoms with Gasteiger partial charge in [0.15, 0.2) is 0 Å². The smallest absolute Gasteiger partial charge is 0.127 e. The number of piperidine rings is 1. The van der Waals surface area contributed by atoms with Gasteiger partial charge >= 0.3 is 0 Å². The average molecular weight is 236 g/mol. The van der Waals surface area contributed by atoms with Crippen LogP contribution in [0.3, 0.4) is 0 Å². The topological polar surface area (TPSA) is 29.3 Å². The highest BCUT2D eigenvalue weighted by atomic mass is 19.1. The number of hydrogen-bond acceptors (Lipinski definition) is 2. The summed E-state index contributed by atoms with van der Waals surface area (Å²) in [6.07, 6.45) is 3.57. The van der Waals surface area contributed by atoms with Crippen LogP contribution < -0.4 is 5.73 Å². The lowest BCUT2D eigenvalue weighted by atomic mass is 9.94. The minimum absolute atomic E-state index is 0.0894. The van der Waals surface area contributed by atoms with E-state index in [0.29, 0.717) is 5.92 Å². The van der Waals surface area contributed by atoms with E-state index < -0.39 is 0 Å². The maximum atomic E-state index is 13.5. The Hall–Kier alpha value is -0.930. The van der Waals surface area contributed by atoms with Crippen molar-refractivity contribution in [3.8, 4) is 0 Å². The number of halogens is 1. The molecule has 1 saturated heterocycles. The first-order chi connectivity index (χ1) is 8.29. The lowest BCUT2D eigenvalue weighted by Crippen LogP contribution is -2.35. The molecule has 2 rings (SSSR count). The predicted octanol–water partition coefficient (Wildman–Crippen LogP) is 2.39. The molecule has 0 aromatic heterocycles. The van der Waals surface area contributed by atoms with Crippen LogP contribution in [-0.2, 0) is 6.54 Å². The van der Waals surface area contributed by atoms with Crippen LogP contribution in [0.5, 0.6) is 0 Å². The van der Waals surface area contributed by atoms with Gasteiger partial charge in [-0.05, 0) is 44.3 Å². The van der Waals surface area contributed by atoms with Gasteiger partial charge in [-0.3, -0.25) is 4.90 Å². The molecule has 0 radical (unpaired) electrons. The number of benzene rings is 1. The Morgan fingerprint density at radius 3 is 2.94 bits per heavy atom. The molecule has 2 N–H and O–H groups in total. The molecule has 1 aromatic carbocycles. The molecule has 17 heavy (non-hydrogen) atoms. The molecule has 1 fully saturated rings.